The number of carbonyl (C=O) groups excluding carboxylic acids is 2. The van der Waals surface area contributed by atoms with E-state index in [1.807, 2.05) is 43.3 Å². The maximum Gasteiger partial charge on any atom is 0.264 e. The van der Waals surface area contributed by atoms with Crippen LogP contribution in [0.3, 0.4) is 0 Å². The molecular weight excluding hydrogens is 330 g/mol. The summed E-state index contributed by atoms with van der Waals surface area (Å²) in [6.45, 7) is 4.17. The van der Waals surface area contributed by atoms with E-state index in [1.165, 1.54) is 6.92 Å². The highest BCUT2D eigenvalue weighted by Crippen LogP contribution is 2.44. The van der Waals surface area contributed by atoms with Crippen molar-refractivity contribution >= 4 is 17.4 Å². The lowest BCUT2D eigenvalue weighted by Crippen LogP contribution is -2.42. The summed E-state index contributed by atoms with van der Waals surface area (Å²) in [6, 6.07) is 14.9. The third-order valence-electron chi connectivity index (χ3n) is 4.59. The lowest BCUT2D eigenvalue weighted by atomic mass is 9.89. The van der Waals surface area contributed by atoms with Crippen LogP contribution in [0.15, 0.2) is 48.5 Å². The molecule has 1 atom stereocenters. The third-order valence-corrected chi connectivity index (χ3v) is 4.59. The van der Waals surface area contributed by atoms with E-state index in [0.717, 1.165) is 11.3 Å². The van der Waals surface area contributed by atoms with Crippen LogP contribution in [0.5, 0.6) is 5.75 Å². The molecule has 5 heteroatoms. The van der Waals surface area contributed by atoms with Crippen molar-refractivity contribution in [3.63, 3.8) is 0 Å². The number of rotatable bonds is 7. The lowest BCUT2D eigenvalue weighted by molar-refractivity contribution is -0.141. The van der Waals surface area contributed by atoms with Gasteiger partial charge in [0.25, 0.3) is 5.91 Å². The molecule has 1 unspecified atom stereocenters. The molecule has 136 valence electrons. The predicted molar refractivity (Wildman–Crippen MR) is 99.3 cm³/mol. The molecule has 3 rings (SSSR count). The largest absolute Gasteiger partial charge is 0.494 e. The van der Waals surface area contributed by atoms with Crippen molar-refractivity contribution in [2.24, 2.45) is 0 Å². The number of ketones is 1. The van der Waals surface area contributed by atoms with Gasteiger partial charge in [-0.3, -0.25) is 9.59 Å². The molecule has 26 heavy (non-hydrogen) atoms. The van der Waals surface area contributed by atoms with Crippen LogP contribution in [0.4, 0.5) is 5.69 Å². The molecule has 0 aliphatic carbocycles. The maximum atomic E-state index is 12.9. The molecule has 1 amide bonds. The van der Waals surface area contributed by atoms with Crippen molar-refractivity contribution in [2.75, 3.05) is 18.1 Å². The van der Waals surface area contributed by atoms with Crippen molar-refractivity contribution in [3.8, 4) is 5.75 Å². The van der Waals surface area contributed by atoms with Crippen molar-refractivity contribution in [1.82, 2.24) is 0 Å². The molecule has 5 nitrogen and oxygen atoms in total. The van der Waals surface area contributed by atoms with Crippen LogP contribution in [0.25, 0.3) is 0 Å². The fraction of sp³-hybridized carbons (Fsp3) is 0.333. The average molecular weight is 353 g/mol. The van der Waals surface area contributed by atoms with Crippen LogP contribution in [0, 0.1) is 6.92 Å². The van der Waals surface area contributed by atoms with Gasteiger partial charge < -0.3 is 14.7 Å². The van der Waals surface area contributed by atoms with Gasteiger partial charge in [-0.2, -0.15) is 0 Å². The number of aryl methyl sites for hydroxylation is 1. The van der Waals surface area contributed by atoms with Crippen molar-refractivity contribution < 1.29 is 19.4 Å². The molecule has 2 aromatic rings. The molecule has 1 aliphatic rings. The van der Waals surface area contributed by atoms with Gasteiger partial charge in [0.1, 0.15) is 11.5 Å². The van der Waals surface area contributed by atoms with Gasteiger partial charge in [0.15, 0.2) is 5.60 Å². The number of carbonyl (C=O) groups is 2. The number of benzene rings is 2. The zero-order valence-corrected chi connectivity index (χ0v) is 15.1. The van der Waals surface area contributed by atoms with Gasteiger partial charge in [0, 0.05) is 18.5 Å². The van der Waals surface area contributed by atoms with Gasteiger partial charge in [0.2, 0.25) is 0 Å². The van der Waals surface area contributed by atoms with E-state index in [9.17, 15) is 14.7 Å². The third kappa shape index (κ3) is 3.35. The Hall–Kier alpha value is -2.66. The van der Waals surface area contributed by atoms with E-state index in [2.05, 4.69) is 0 Å². The minimum Gasteiger partial charge on any atom is -0.494 e. The minimum absolute atomic E-state index is 0.209. The van der Waals surface area contributed by atoms with Gasteiger partial charge in [0.05, 0.1) is 12.3 Å². The molecule has 0 saturated carbocycles. The second-order valence-electron chi connectivity index (χ2n) is 6.68. The van der Waals surface area contributed by atoms with E-state index in [4.69, 9.17) is 4.74 Å². The number of fused-ring (bicyclic) bond motifs is 1. The highest BCUT2D eigenvalue weighted by molar-refractivity contribution is 6.09. The molecule has 1 heterocycles. The summed E-state index contributed by atoms with van der Waals surface area (Å²) in [4.78, 5) is 26.1. The van der Waals surface area contributed by atoms with E-state index in [1.54, 1.807) is 17.0 Å². The molecule has 0 aromatic heterocycles. The Kier molecular flexibility index (Phi) is 5.09. The number of amides is 1. The van der Waals surface area contributed by atoms with Crippen molar-refractivity contribution in [2.45, 2.75) is 32.3 Å². The maximum absolute atomic E-state index is 12.9. The average Bonchev–Trinajstić information content (AvgIpc) is 2.82. The molecule has 0 bridgehead atoms. The number of hydrogen-bond acceptors (Lipinski definition) is 4. The van der Waals surface area contributed by atoms with E-state index in [-0.39, 0.29) is 12.2 Å². The highest BCUT2D eigenvalue weighted by atomic mass is 16.5. The molecule has 1 N–H and O–H groups in total. The summed E-state index contributed by atoms with van der Waals surface area (Å²) in [5, 5.41) is 11.0. The van der Waals surface area contributed by atoms with Crippen LogP contribution in [0.2, 0.25) is 0 Å². The summed E-state index contributed by atoms with van der Waals surface area (Å²) >= 11 is 0. The second kappa shape index (κ2) is 7.30. The SMILES string of the molecule is CC(=O)CC1(O)C(=O)N(CCCOc2ccccc2)c2c(C)cccc21. The Morgan fingerprint density at radius 3 is 2.58 bits per heavy atom. The van der Waals surface area contributed by atoms with Crippen LogP contribution in [-0.2, 0) is 15.2 Å². The predicted octanol–water partition coefficient (Wildman–Crippen LogP) is 2.98. The molecule has 0 radical (unpaired) electrons. The van der Waals surface area contributed by atoms with Crippen molar-refractivity contribution in [1.29, 1.82) is 0 Å². The number of ether oxygens (including phenoxy) is 1. The standard InChI is InChI=1S/C21H23NO4/c1-15-8-6-11-18-19(15)22(20(24)21(18,25)14-16(2)23)12-7-13-26-17-9-4-3-5-10-17/h3-6,8-11,25H,7,12-14H2,1-2H3. The van der Waals surface area contributed by atoms with Gasteiger partial charge in [-0.25, -0.2) is 0 Å². The van der Waals surface area contributed by atoms with E-state index >= 15 is 0 Å². The summed E-state index contributed by atoms with van der Waals surface area (Å²) in [5.74, 6) is 0.129. The Morgan fingerprint density at radius 1 is 1.15 bits per heavy atom. The lowest BCUT2D eigenvalue weighted by Gasteiger charge is -2.22. The Morgan fingerprint density at radius 2 is 1.88 bits per heavy atom. The summed E-state index contributed by atoms with van der Waals surface area (Å²) < 4.78 is 5.68. The summed E-state index contributed by atoms with van der Waals surface area (Å²) in [5.41, 5.74) is 0.356. The van der Waals surface area contributed by atoms with Gasteiger partial charge in [-0.1, -0.05) is 36.4 Å². The first-order valence-corrected chi connectivity index (χ1v) is 8.75. The molecule has 0 saturated heterocycles. The zero-order valence-electron chi connectivity index (χ0n) is 15.1. The summed E-state index contributed by atoms with van der Waals surface area (Å²) in [6.07, 6.45) is 0.407. The number of nitrogens with zero attached hydrogens (tertiary/aromatic N) is 1. The fourth-order valence-corrected chi connectivity index (χ4v) is 3.46. The van der Waals surface area contributed by atoms with Crippen LogP contribution in [-0.4, -0.2) is 29.9 Å². The zero-order chi connectivity index (χ0) is 18.7. The first kappa shape index (κ1) is 18.1. The molecule has 1 aliphatic heterocycles. The molecular formula is C21H23NO4. The van der Waals surface area contributed by atoms with Crippen LogP contribution < -0.4 is 9.64 Å². The van der Waals surface area contributed by atoms with Gasteiger partial charge in [-0.05, 0) is 38.0 Å². The number of hydrogen-bond donors (Lipinski definition) is 1. The van der Waals surface area contributed by atoms with Gasteiger partial charge >= 0.3 is 0 Å². The van der Waals surface area contributed by atoms with Crippen LogP contribution in [0.1, 0.15) is 30.9 Å². The topological polar surface area (TPSA) is 66.8 Å². The summed E-state index contributed by atoms with van der Waals surface area (Å²) in [7, 11) is 0. The first-order valence-electron chi connectivity index (χ1n) is 8.75. The Balaban J connectivity index is 1.75. The number of Topliss-reactive ketones (excluding diaryl/α,β-unsaturated/α-hetero) is 1. The second-order valence-corrected chi connectivity index (χ2v) is 6.68. The fourth-order valence-electron chi connectivity index (χ4n) is 3.46. The van der Waals surface area contributed by atoms with Crippen LogP contribution >= 0.6 is 0 Å². The smallest absolute Gasteiger partial charge is 0.264 e. The molecule has 0 fully saturated rings. The van der Waals surface area contributed by atoms with Gasteiger partial charge in [-0.15, -0.1) is 0 Å². The number of para-hydroxylation sites is 2. The monoisotopic (exact) mass is 353 g/mol. The highest BCUT2D eigenvalue weighted by Gasteiger charge is 2.50. The minimum atomic E-state index is -1.77. The van der Waals surface area contributed by atoms with Crippen molar-refractivity contribution in [3.05, 3.63) is 59.7 Å². The quantitative estimate of drug-likeness (QED) is 0.777. The normalized spacial score (nSPS) is 18.7. The number of aliphatic hydroxyl groups is 1. The first-order chi connectivity index (χ1) is 12.4. The molecule has 0 spiro atoms. The number of anilines is 1. The Labute approximate surface area is 153 Å². The molecule has 2 aromatic carbocycles. The van der Waals surface area contributed by atoms with E-state index < -0.39 is 11.5 Å². The van der Waals surface area contributed by atoms with E-state index in [0.29, 0.717) is 30.8 Å². The Bertz CT molecular complexity index is 818.